The first kappa shape index (κ1) is 12.5. The molecule has 1 aliphatic carbocycles. The Labute approximate surface area is 116 Å². The molecule has 0 amide bonds. The highest BCUT2D eigenvalue weighted by Gasteiger charge is 2.22. The van der Waals surface area contributed by atoms with Crippen molar-refractivity contribution in [2.75, 3.05) is 5.32 Å². The zero-order valence-corrected chi connectivity index (χ0v) is 10.8. The van der Waals surface area contributed by atoms with E-state index in [0.29, 0.717) is 0 Å². The number of aryl methyl sites for hydroxylation is 1. The van der Waals surface area contributed by atoms with Gasteiger partial charge in [0, 0.05) is 5.69 Å². The van der Waals surface area contributed by atoms with Crippen LogP contribution in [-0.2, 0) is 6.42 Å². The van der Waals surface area contributed by atoms with E-state index in [4.69, 9.17) is 5.11 Å². The first-order valence-electron chi connectivity index (χ1n) is 6.55. The Morgan fingerprint density at radius 1 is 1.20 bits per heavy atom. The molecule has 0 bridgehead atoms. The van der Waals surface area contributed by atoms with Gasteiger partial charge in [-0.1, -0.05) is 12.1 Å². The molecule has 0 heterocycles. The maximum Gasteiger partial charge on any atom is 0.335 e. The van der Waals surface area contributed by atoms with Crippen molar-refractivity contribution in [2.45, 2.75) is 18.9 Å². The van der Waals surface area contributed by atoms with Crippen LogP contribution in [0.1, 0.15) is 33.9 Å². The van der Waals surface area contributed by atoms with Crippen LogP contribution in [0.25, 0.3) is 0 Å². The van der Waals surface area contributed by atoms with Crippen LogP contribution in [0.5, 0.6) is 5.75 Å². The number of rotatable bonds is 3. The van der Waals surface area contributed by atoms with Gasteiger partial charge in [0.05, 0.1) is 11.6 Å². The van der Waals surface area contributed by atoms with E-state index in [2.05, 4.69) is 5.32 Å². The van der Waals surface area contributed by atoms with Gasteiger partial charge in [-0.05, 0) is 54.3 Å². The van der Waals surface area contributed by atoms with Crippen molar-refractivity contribution in [3.8, 4) is 5.75 Å². The quantitative estimate of drug-likeness (QED) is 0.800. The molecule has 0 aromatic heterocycles. The molecule has 1 aliphatic rings. The van der Waals surface area contributed by atoms with Crippen molar-refractivity contribution >= 4 is 11.7 Å². The molecule has 0 fully saturated rings. The Balaban J connectivity index is 1.84. The molecule has 2 aromatic carbocycles. The summed E-state index contributed by atoms with van der Waals surface area (Å²) in [6.45, 7) is 0. The lowest BCUT2D eigenvalue weighted by Crippen LogP contribution is -2.07. The van der Waals surface area contributed by atoms with Crippen LogP contribution in [0, 0.1) is 0 Å². The van der Waals surface area contributed by atoms with E-state index >= 15 is 0 Å². The van der Waals surface area contributed by atoms with Crippen LogP contribution in [0.15, 0.2) is 42.5 Å². The predicted molar refractivity (Wildman–Crippen MR) is 76.2 cm³/mol. The van der Waals surface area contributed by atoms with E-state index in [1.54, 1.807) is 30.3 Å². The average molecular weight is 269 g/mol. The molecule has 2 aromatic rings. The number of anilines is 1. The highest BCUT2D eigenvalue weighted by molar-refractivity contribution is 5.88. The summed E-state index contributed by atoms with van der Waals surface area (Å²) >= 11 is 0. The van der Waals surface area contributed by atoms with E-state index in [-0.39, 0.29) is 17.4 Å². The van der Waals surface area contributed by atoms with Crippen LogP contribution in [0.2, 0.25) is 0 Å². The molecule has 0 spiro atoms. The van der Waals surface area contributed by atoms with Crippen LogP contribution in [0.4, 0.5) is 5.69 Å². The number of hydrogen-bond donors (Lipinski definition) is 3. The summed E-state index contributed by atoms with van der Waals surface area (Å²) in [6.07, 6.45) is 1.86. The van der Waals surface area contributed by atoms with Gasteiger partial charge < -0.3 is 15.5 Å². The zero-order chi connectivity index (χ0) is 14.1. The lowest BCUT2D eigenvalue weighted by Gasteiger charge is -2.16. The van der Waals surface area contributed by atoms with E-state index in [1.807, 2.05) is 12.1 Å². The van der Waals surface area contributed by atoms with Crippen molar-refractivity contribution in [2.24, 2.45) is 0 Å². The van der Waals surface area contributed by atoms with Gasteiger partial charge in [0.25, 0.3) is 0 Å². The maximum absolute atomic E-state index is 11.0. The van der Waals surface area contributed by atoms with Gasteiger partial charge in [0.15, 0.2) is 0 Å². The summed E-state index contributed by atoms with van der Waals surface area (Å²) in [5, 5.41) is 21.9. The standard InChI is InChI=1S/C16H15NO3/c18-13-5-6-14-10(9-13)4-7-15(14)17-12-3-1-2-11(8-12)16(19)20/h1-3,5-6,8-9,15,17-18H,4,7H2,(H,19,20). The molecular weight excluding hydrogens is 254 g/mol. The fraction of sp³-hybridized carbons (Fsp3) is 0.188. The number of carbonyl (C=O) groups is 1. The summed E-state index contributed by atoms with van der Waals surface area (Å²) in [4.78, 5) is 11.0. The number of fused-ring (bicyclic) bond motifs is 1. The normalized spacial score (nSPS) is 16.7. The first-order chi connectivity index (χ1) is 9.63. The van der Waals surface area contributed by atoms with E-state index in [0.717, 1.165) is 24.1 Å². The number of nitrogens with one attached hydrogen (secondary N) is 1. The van der Waals surface area contributed by atoms with Gasteiger partial charge >= 0.3 is 5.97 Å². The first-order valence-corrected chi connectivity index (χ1v) is 6.55. The fourth-order valence-corrected chi connectivity index (χ4v) is 2.70. The van der Waals surface area contributed by atoms with Gasteiger partial charge in [-0.3, -0.25) is 0 Å². The van der Waals surface area contributed by atoms with Gasteiger partial charge in [-0.25, -0.2) is 4.79 Å². The number of aromatic carboxylic acids is 1. The number of hydrogen-bond acceptors (Lipinski definition) is 3. The van der Waals surface area contributed by atoms with Gasteiger partial charge in [-0.2, -0.15) is 0 Å². The summed E-state index contributed by atoms with van der Waals surface area (Å²) in [5.74, 6) is -0.636. The van der Waals surface area contributed by atoms with E-state index < -0.39 is 5.97 Å². The molecule has 1 unspecified atom stereocenters. The SMILES string of the molecule is O=C(O)c1cccc(NC2CCc3cc(O)ccc32)c1. The molecule has 4 heteroatoms. The van der Waals surface area contributed by atoms with Gasteiger partial charge in [-0.15, -0.1) is 0 Å². The van der Waals surface area contributed by atoms with Crippen molar-refractivity contribution in [1.82, 2.24) is 0 Å². The Kier molecular flexibility index (Phi) is 3.06. The number of carboxylic acid groups (broad SMARTS) is 1. The summed E-state index contributed by atoms with van der Waals surface area (Å²) < 4.78 is 0. The highest BCUT2D eigenvalue weighted by Crippen LogP contribution is 2.35. The van der Waals surface area contributed by atoms with Crippen molar-refractivity contribution in [3.63, 3.8) is 0 Å². The Hall–Kier alpha value is -2.49. The van der Waals surface area contributed by atoms with Crippen molar-refractivity contribution < 1.29 is 15.0 Å². The minimum absolute atomic E-state index is 0.162. The van der Waals surface area contributed by atoms with Gasteiger partial charge in [0.2, 0.25) is 0 Å². The third kappa shape index (κ3) is 2.32. The summed E-state index contributed by atoms with van der Waals surface area (Å²) in [7, 11) is 0. The number of aromatic hydroxyl groups is 1. The third-order valence-corrected chi connectivity index (χ3v) is 3.65. The van der Waals surface area contributed by atoms with Crippen LogP contribution >= 0.6 is 0 Å². The lowest BCUT2D eigenvalue weighted by atomic mass is 10.1. The molecular formula is C16H15NO3. The molecule has 0 radical (unpaired) electrons. The van der Waals surface area contributed by atoms with Crippen LogP contribution in [0.3, 0.4) is 0 Å². The Morgan fingerprint density at radius 2 is 2.05 bits per heavy atom. The molecule has 1 atom stereocenters. The second-order valence-electron chi connectivity index (χ2n) is 5.00. The Morgan fingerprint density at radius 3 is 2.85 bits per heavy atom. The van der Waals surface area contributed by atoms with Crippen molar-refractivity contribution in [1.29, 1.82) is 0 Å². The molecule has 0 saturated heterocycles. The molecule has 0 saturated carbocycles. The smallest absolute Gasteiger partial charge is 0.335 e. The Bertz CT molecular complexity index is 667. The fourth-order valence-electron chi connectivity index (χ4n) is 2.70. The van der Waals surface area contributed by atoms with Crippen molar-refractivity contribution in [3.05, 3.63) is 59.2 Å². The maximum atomic E-state index is 11.0. The lowest BCUT2D eigenvalue weighted by molar-refractivity contribution is 0.0697. The van der Waals surface area contributed by atoms with Crippen LogP contribution in [-0.4, -0.2) is 16.2 Å². The highest BCUT2D eigenvalue weighted by atomic mass is 16.4. The minimum Gasteiger partial charge on any atom is -0.508 e. The molecule has 3 rings (SSSR count). The second-order valence-corrected chi connectivity index (χ2v) is 5.00. The second kappa shape index (κ2) is 4.89. The molecule has 102 valence electrons. The monoisotopic (exact) mass is 269 g/mol. The average Bonchev–Trinajstić information content (AvgIpc) is 2.81. The minimum atomic E-state index is -0.926. The van der Waals surface area contributed by atoms with Gasteiger partial charge in [0.1, 0.15) is 5.75 Å². The van der Waals surface area contributed by atoms with E-state index in [1.165, 1.54) is 5.56 Å². The third-order valence-electron chi connectivity index (χ3n) is 3.65. The number of carboxylic acids is 1. The molecule has 4 nitrogen and oxygen atoms in total. The molecule has 0 aliphatic heterocycles. The topological polar surface area (TPSA) is 69.6 Å². The van der Waals surface area contributed by atoms with Crippen LogP contribution < -0.4 is 5.32 Å². The summed E-state index contributed by atoms with van der Waals surface area (Å²) in [5.41, 5.74) is 3.40. The largest absolute Gasteiger partial charge is 0.508 e. The molecule has 3 N–H and O–H groups in total. The zero-order valence-electron chi connectivity index (χ0n) is 10.8. The molecule has 20 heavy (non-hydrogen) atoms. The van der Waals surface area contributed by atoms with E-state index in [9.17, 15) is 9.90 Å². The number of benzene rings is 2. The summed E-state index contributed by atoms with van der Waals surface area (Å²) in [6, 6.07) is 12.4. The predicted octanol–water partition coefficient (Wildman–Crippen LogP) is 3.19. The number of phenols is 1. The number of phenolic OH excluding ortho intramolecular Hbond substituents is 1.